The van der Waals surface area contributed by atoms with Gasteiger partial charge in [-0.2, -0.15) is 5.26 Å². The van der Waals surface area contributed by atoms with Crippen molar-refractivity contribution in [3.63, 3.8) is 0 Å². The summed E-state index contributed by atoms with van der Waals surface area (Å²) in [6.45, 7) is 0.644. The minimum atomic E-state index is -3.79. The summed E-state index contributed by atoms with van der Waals surface area (Å²) < 4.78 is 26.4. The van der Waals surface area contributed by atoms with Crippen LogP contribution < -0.4 is 5.32 Å². The van der Waals surface area contributed by atoms with Crippen molar-refractivity contribution in [3.05, 3.63) is 63.6 Å². The monoisotopic (exact) mass is 453 g/mol. The number of rotatable bonds is 9. The van der Waals surface area contributed by atoms with E-state index in [-0.39, 0.29) is 33.8 Å². The zero-order valence-electron chi connectivity index (χ0n) is 15.9. The molecule has 0 spiro atoms. The number of carbonyl (C=O) groups is 1. The van der Waals surface area contributed by atoms with Crippen molar-refractivity contribution in [2.75, 3.05) is 20.1 Å². The Bertz CT molecular complexity index is 1000. The SMILES string of the molecule is CN(CCCC(=O)NCCc1ccc(C#N)cc1)S(=O)(=O)c1cccc(Cl)c1Cl. The third-order valence-electron chi connectivity index (χ3n) is 4.30. The van der Waals surface area contributed by atoms with E-state index < -0.39 is 10.0 Å². The molecule has 0 aromatic heterocycles. The number of nitriles is 1. The molecule has 1 amide bonds. The van der Waals surface area contributed by atoms with Gasteiger partial charge in [-0.25, -0.2) is 12.7 Å². The van der Waals surface area contributed by atoms with Crippen molar-refractivity contribution >= 4 is 39.1 Å². The number of halogens is 2. The van der Waals surface area contributed by atoms with Crippen LogP contribution in [0, 0.1) is 11.3 Å². The largest absolute Gasteiger partial charge is 0.356 e. The Morgan fingerprint density at radius 1 is 1.17 bits per heavy atom. The molecular weight excluding hydrogens is 433 g/mol. The van der Waals surface area contributed by atoms with Crippen molar-refractivity contribution < 1.29 is 13.2 Å². The Morgan fingerprint density at radius 2 is 1.86 bits per heavy atom. The van der Waals surface area contributed by atoms with E-state index in [1.165, 1.54) is 25.2 Å². The molecule has 0 unspecified atom stereocenters. The summed E-state index contributed by atoms with van der Waals surface area (Å²) in [6, 6.07) is 13.7. The van der Waals surface area contributed by atoms with Crippen LogP contribution >= 0.6 is 23.2 Å². The number of nitrogens with one attached hydrogen (secondary N) is 1. The van der Waals surface area contributed by atoms with Crippen molar-refractivity contribution in [2.24, 2.45) is 0 Å². The molecule has 9 heteroatoms. The van der Waals surface area contributed by atoms with Gasteiger partial charge in [0.1, 0.15) is 4.90 Å². The molecule has 6 nitrogen and oxygen atoms in total. The van der Waals surface area contributed by atoms with Gasteiger partial charge in [-0.1, -0.05) is 41.4 Å². The molecule has 29 heavy (non-hydrogen) atoms. The highest BCUT2D eigenvalue weighted by molar-refractivity contribution is 7.89. The molecule has 0 atom stereocenters. The van der Waals surface area contributed by atoms with Gasteiger partial charge in [0.05, 0.1) is 21.7 Å². The van der Waals surface area contributed by atoms with E-state index in [4.69, 9.17) is 28.5 Å². The fourth-order valence-electron chi connectivity index (χ4n) is 2.61. The number of carbonyl (C=O) groups excluding carboxylic acids is 1. The van der Waals surface area contributed by atoms with E-state index in [1.807, 2.05) is 12.1 Å². The first-order valence-corrected chi connectivity index (χ1v) is 11.1. The van der Waals surface area contributed by atoms with Crippen LogP contribution in [0.1, 0.15) is 24.0 Å². The molecule has 0 radical (unpaired) electrons. The first-order valence-electron chi connectivity index (χ1n) is 8.92. The Morgan fingerprint density at radius 3 is 2.52 bits per heavy atom. The maximum Gasteiger partial charge on any atom is 0.244 e. The fourth-order valence-corrected chi connectivity index (χ4v) is 4.56. The van der Waals surface area contributed by atoms with Gasteiger partial charge in [0.25, 0.3) is 0 Å². The first-order chi connectivity index (χ1) is 13.8. The highest BCUT2D eigenvalue weighted by Crippen LogP contribution is 2.30. The minimum absolute atomic E-state index is 0.0124. The summed E-state index contributed by atoms with van der Waals surface area (Å²) in [6.07, 6.45) is 1.23. The Kier molecular flexibility index (Phi) is 8.47. The Labute approximate surface area is 181 Å². The lowest BCUT2D eigenvalue weighted by Gasteiger charge is -2.18. The van der Waals surface area contributed by atoms with Gasteiger partial charge >= 0.3 is 0 Å². The molecule has 0 fully saturated rings. The minimum Gasteiger partial charge on any atom is -0.356 e. The second-order valence-electron chi connectivity index (χ2n) is 6.39. The van der Waals surface area contributed by atoms with Gasteiger partial charge in [-0.3, -0.25) is 4.79 Å². The van der Waals surface area contributed by atoms with Gasteiger partial charge in [0.15, 0.2) is 0 Å². The van der Waals surface area contributed by atoms with Crippen molar-refractivity contribution in [3.8, 4) is 6.07 Å². The summed E-state index contributed by atoms with van der Waals surface area (Å²) in [4.78, 5) is 11.9. The summed E-state index contributed by atoms with van der Waals surface area (Å²) in [5.41, 5.74) is 1.62. The van der Waals surface area contributed by atoms with Crippen LogP contribution in [0.25, 0.3) is 0 Å². The quantitative estimate of drug-likeness (QED) is 0.627. The summed E-state index contributed by atoms with van der Waals surface area (Å²) in [5, 5.41) is 11.7. The molecule has 1 N–H and O–H groups in total. The third-order valence-corrected chi connectivity index (χ3v) is 7.13. The van der Waals surface area contributed by atoms with E-state index >= 15 is 0 Å². The molecular formula is C20H21Cl2N3O3S. The summed E-state index contributed by atoms with van der Waals surface area (Å²) in [5.74, 6) is -0.148. The van der Waals surface area contributed by atoms with Crippen LogP contribution in [-0.2, 0) is 21.2 Å². The first kappa shape index (κ1) is 23.2. The maximum absolute atomic E-state index is 12.6. The van der Waals surface area contributed by atoms with Gasteiger partial charge in [-0.15, -0.1) is 0 Å². The number of nitrogens with zero attached hydrogens (tertiary/aromatic N) is 2. The Hall–Kier alpha value is -2.11. The number of amides is 1. The van der Waals surface area contributed by atoms with Gasteiger partial charge in [-0.05, 0) is 42.7 Å². The van der Waals surface area contributed by atoms with Gasteiger partial charge in [0.2, 0.25) is 15.9 Å². The zero-order chi connectivity index (χ0) is 21.4. The van der Waals surface area contributed by atoms with E-state index in [9.17, 15) is 13.2 Å². The fraction of sp³-hybridized carbons (Fsp3) is 0.300. The molecule has 0 saturated heterocycles. The summed E-state index contributed by atoms with van der Waals surface area (Å²) in [7, 11) is -2.35. The molecule has 0 aliphatic rings. The molecule has 154 valence electrons. The van der Waals surface area contributed by atoms with Crippen molar-refractivity contribution in [1.29, 1.82) is 5.26 Å². The second kappa shape index (κ2) is 10.6. The lowest BCUT2D eigenvalue weighted by atomic mass is 10.1. The number of hydrogen-bond acceptors (Lipinski definition) is 4. The molecule has 0 saturated carbocycles. The highest BCUT2D eigenvalue weighted by Gasteiger charge is 2.24. The second-order valence-corrected chi connectivity index (χ2v) is 9.19. The smallest absolute Gasteiger partial charge is 0.244 e. The molecule has 2 aromatic carbocycles. The number of hydrogen-bond donors (Lipinski definition) is 1. The highest BCUT2D eigenvalue weighted by atomic mass is 35.5. The normalized spacial score (nSPS) is 11.3. The lowest BCUT2D eigenvalue weighted by molar-refractivity contribution is -0.121. The molecule has 0 heterocycles. The van der Waals surface area contributed by atoms with E-state index in [0.29, 0.717) is 24.9 Å². The van der Waals surface area contributed by atoms with Crippen LogP contribution in [0.3, 0.4) is 0 Å². The predicted molar refractivity (Wildman–Crippen MR) is 113 cm³/mol. The molecule has 0 bridgehead atoms. The number of benzene rings is 2. The van der Waals surface area contributed by atoms with Gasteiger partial charge in [0, 0.05) is 26.6 Å². The molecule has 0 aliphatic heterocycles. The van der Waals surface area contributed by atoms with Crippen molar-refractivity contribution in [2.45, 2.75) is 24.2 Å². The van der Waals surface area contributed by atoms with Gasteiger partial charge < -0.3 is 5.32 Å². The lowest BCUT2D eigenvalue weighted by Crippen LogP contribution is -2.30. The van der Waals surface area contributed by atoms with E-state index in [0.717, 1.165) is 9.87 Å². The van der Waals surface area contributed by atoms with Crippen LogP contribution in [0.5, 0.6) is 0 Å². The van der Waals surface area contributed by atoms with Crippen LogP contribution in [0.2, 0.25) is 10.0 Å². The summed E-state index contributed by atoms with van der Waals surface area (Å²) >= 11 is 11.9. The van der Waals surface area contributed by atoms with Crippen LogP contribution in [-0.4, -0.2) is 38.8 Å². The van der Waals surface area contributed by atoms with Crippen LogP contribution in [0.15, 0.2) is 47.4 Å². The predicted octanol–water partition coefficient (Wildman–Crippen LogP) is 3.62. The average Bonchev–Trinajstić information content (AvgIpc) is 2.70. The van der Waals surface area contributed by atoms with Crippen molar-refractivity contribution in [1.82, 2.24) is 9.62 Å². The maximum atomic E-state index is 12.6. The van der Waals surface area contributed by atoms with E-state index in [2.05, 4.69) is 11.4 Å². The van der Waals surface area contributed by atoms with Crippen LogP contribution in [0.4, 0.5) is 0 Å². The molecule has 2 aromatic rings. The standard InChI is InChI=1S/C20H21Cl2N3O3S/c1-25(29(27,28)18-5-2-4-17(21)20(18)22)13-3-6-19(26)24-12-11-15-7-9-16(14-23)10-8-15/h2,4-5,7-10H,3,6,11-13H2,1H3,(H,24,26). The topological polar surface area (TPSA) is 90.3 Å². The molecule has 0 aliphatic carbocycles. The zero-order valence-corrected chi connectivity index (χ0v) is 18.2. The average molecular weight is 454 g/mol. The number of sulfonamides is 1. The van der Waals surface area contributed by atoms with E-state index in [1.54, 1.807) is 12.1 Å². The third kappa shape index (κ3) is 6.44. The Balaban J connectivity index is 1.77. The molecule has 2 rings (SSSR count).